The van der Waals surface area contributed by atoms with Gasteiger partial charge in [0.15, 0.2) is 0 Å². The summed E-state index contributed by atoms with van der Waals surface area (Å²) in [5, 5.41) is 5.87. The molecule has 2 rings (SSSR count). The van der Waals surface area contributed by atoms with Crippen molar-refractivity contribution in [1.29, 1.82) is 0 Å². The number of carbonyl (C=O) groups excluding carboxylic acids is 1. The van der Waals surface area contributed by atoms with Crippen LogP contribution in [0.3, 0.4) is 0 Å². The van der Waals surface area contributed by atoms with E-state index in [4.69, 9.17) is 0 Å². The lowest BCUT2D eigenvalue weighted by molar-refractivity contribution is -0.159. The van der Waals surface area contributed by atoms with Gasteiger partial charge < -0.3 is 10.1 Å². The van der Waals surface area contributed by atoms with Crippen LogP contribution < -0.4 is 5.32 Å². The topological polar surface area (TPSA) is 51.2 Å². The van der Waals surface area contributed by atoms with Crippen molar-refractivity contribution in [3.8, 4) is 0 Å². The molecule has 0 aliphatic carbocycles. The average Bonchev–Trinajstić information content (AvgIpc) is 2.81. The Hall–Kier alpha value is -1.08. The van der Waals surface area contributed by atoms with Gasteiger partial charge in [-0.15, -0.1) is 11.3 Å². The Labute approximate surface area is 107 Å². The van der Waals surface area contributed by atoms with E-state index in [1.807, 2.05) is 19.2 Å². The van der Waals surface area contributed by atoms with Gasteiger partial charge in [0, 0.05) is 17.6 Å². The van der Waals surface area contributed by atoms with Crippen LogP contribution in [0.25, 0.3) is 0 Å². The summed E-state index contributed by atoms with van der Waals surface area (Å²) in [5.74, 6) is -4.76. The smallest absolute Gasteiger partial charge is 0.377 e. The molecular formula is C11H14F2N2O2S. The Morgan fingerprint density at radius 3 is 2.94 bits per heavy atom. The molecule has 0 radical (unpaired) electrons. The fraction of sp³-hybridized carbons (Fsp3) is 0.636. The van der Waals surface area contributed by atoms with Crippen LogP contribution in [0.2, 0.25) is 0 Å². The molecule has 0 aromatic carbocycles. The lowest BCUT2D eigenvalue weighted by Crippen LogP contribution is -2.29. The molecule has 1 aliphatic rings. The zero-order valence-corrected chi connectivity index (χ0v) is 10.9. The maximum absolute atomic E-state index is 12.9. The average molecular weight is 276 g/mol. The Balaban J connectivity index is 1.84. The Bertz CT molecular complexity index is 450. The van der Waals surface area contributed by atoms with E-state index in [0.29, 0.717) is 0 Å². The van der Waals surface area contributed by atoms with E-state index in [1.165, 1.54) is 11.3 Å². The molecule has 1 fully saturated rings. The molecule has 0 spiro atoms. The van der Waals surface area contributed by atoms with Gasteiger partial charge in [-0.2, -0.15) is 8.78 Å². The number of carbonyl (C=O) groups is 1. The molecule has 0 bridgehead atoms. The van der Waals surface area contributed by atoms with Gasteiger partial charge >= 0.3 is 11.9 Å². The van der Waals surface area contributed by atoms with Crippen LogP contribution in [0.15, 0.2) is 5.38 Å². The second kappa shape index (κ2) is 4.89. The zero-order chi connectivity index (χ0) is 13.3. The van der Waals surface area contributed by atoms with Crippen molar-refractivity contribution in [3.05, 3.63) is 16.1 Å². The first kappa shape index (κ1) is 13.4. The van der Waals surface area contributed by atoms with E-state index in [-0.39, 0.29) is 12.6 Å². The number of nitrogens with one attached hydrogen (secondary N) is 1. The molecule has 18 heavy (non-hydrogen) atoms. The van der Waals surface area contributed by atoms with Crippen molar-refractivity contribution in [1.82, 2.24) is 10.3 Å². The molecule has 1 aromatic heterocycles. The summed E-state index contributed by atoms with van der Waals surface area (Å²) in [4.78, 5) is 15.1. The molecule has 1 aliphatic heterocycles. The minimum absolute atomic E-state index is 0.0448. The fourth-order valence-corrected chi connectivity index (χ4v) is 2.56. The van der Waals surface area contributed by atoms with Crippen LogP contribution in [-0.2, 0) is 9.53 Å². The van der Waals surface area contributed by atoms with Gasteiger partial charge in [0.25, 0.3) is 0 Å². The van der Waals surface area contributed by atoms with Gasteiger partial charge in [-0.05, 0) is 13.8 Å². The highest BCUT2D eigenvalue weighted by atomic mass is 32.1. The van der Waals surface area contributed by atoms with Gasteiger partial charge in [0.1, 0.15) is 11.1 Å². The summed E-state index contributed by atoms with van der Waals surface area (Å²) in [5.41, 5.74) is 0.933. The van der Waals surface area contributed by atoms with Crippen molar-refractivity contribution in [2.45, 2.75) is 38.3 Å². The quantitative estimate of drug-likeness (QED) is 0.855. The number of aryl methyl sites for hydroxylation is 1. The second-order valence-corrected chi connectivity index (χ2v) is 5.28. The number of hydrogen-bond acceptors (Lipinski definition) is 5. The van der Waals surface area contributed by atoms with E-state index >= 15 is 0 Å². The Morgan fingerprint density at radius 2 is 2.44 bits per heavy atom. The van der Waals surface area contributed by atoms with Crippen LogP contribution in [0.4, 0.5) is 8.78 Å². The fourth-order valence-electron chi connectivity index (χ4n) is 1.73. The highest BCUT2D eigenvalue weighted by Crippen LogP contribution is 2.30. The van der Waals surface area contributed by atoms with Gasteiger partial charge in [-0.3, -0.25) is 0 Å². The molecule has 2 atom stereocenters. The molecule has 1 aromatic rings. The van der Waals surface area contributed by atoms with Crippen molar-refractivity contribution in [2.24, 2.45) is 0 Å². The Morgan fingerprint density at radius 1 is 1.72 bits per heavy atom. The lowest BCUT2D eigenvalue weighted by atomic mass is 10.2. The third-order valence-corrected chi connectivity index (χ3v) is 3.86. The van der Waals surface area contributed by atoms with Crippen molar-refractivity contribution in [3.63, 3.8) is 0 Å². The number of ether oxygens (including phenoxy) is 1. The number of alkyl halides is 2. The molecule has 2 heterocycles. The summed E-state index contributed by atoms with van der Waals surface area (Å²) in [7, 11) is 0. The molecule has 0 amide bonds. The number of hydrogen-bond donors (Lipinski definition) is 1. The first-order valence-corrected chi connectivity index (χ1v) is 6.51. The molecular weight excluding hydrogens is 262 g/mol. The number of nitrogens with zero attached hydrogens (tertiary/aromatic N) is 1. The van der Waals surface area contributed by atoms with Crippen LogP contribution >= 0.6 is 11.3 Å². The van der Waals surface area contributed by atoms with Crippen molar-refractivity contribution in [2.75, 3.05) is 6.54 Å². The van der Waals surface area contributed by atoms with Crippen molar-refractivity contribution < 1.29 is 18.3 Å². The largest absolute Gasteiger partial charge is 0.456 e. The van der Waals surface area contributed by atoms with Gasteiger partial charge in [-0.25, -0.2) is 9.78 Å². The minimum atomic E-state index is -3.34. The van der Waals surface area contributed by atoms with Crippen molar-refractivity contribution >= 4 is 17.3 Å². The predicted octanol–water partition coefficient (Wildman–Crippen LogP) is 2.05. The summed E-state index contributed by atoms with van der Waals surface area (Å²) >= 11 is 1.51. The Kier molecular flexibility index (Phi) is 3.63. The van der Waals surface area contributed by atoms with Crippen LogP contribution in [0.5, 0.6) is 0 Å². The van der Waals surface area contributed by atoms with Crippen LogP contribution in [0, 0.1) is 6.92 Å². The van der Waals surface area contributed by atoms with Crippen LogP contribution in [0.1, 0.15) is 30.1 Å². The van der Waals surface area contributed by atoms with Gasteiger partial charge in [0.05, 0.1) is 12.5 Å². The normalized spacial score (nSPS) is 24.0. The van der Waals surface area contributed by atoms with Crippen LogP contribution in [-0.4, -0.2) is 29.5 Å². The van der Waals surface area contributed by atoms with E-state index in [1.54, 1.807) is 0 Å². The zero-order valence-electron chi connectivity index (χ0n) is 10.1. The van der Waals surface area contributed by atoms with Gasteiger partial charge in [0.2, 0.25) is 0 Å². The molecule has 1 saturated heterocycles. The highest BCUT2D eigenvalue weighted by Gasteiger charge is 2.50. The first-order valence-electron chi connectivity index (χ1n) is 5.63. The van der Waals surface area contributed by atoms with E-state index in [9.17, 15) is 13.6 Å². The molecule has 2 unspecified atom stereocenters. The van der Waals surface area contributed by atoms with E-state index in [0.717, 1.165) is 10.7 Å². The molecule has 100 valence electrons. The number of aromatic nitrogens is 1. The molecule has 1 N–H and O–H groups in total. The number of esters is 1. The van der Waals surface area contributed by atoms with E-state index in [2.05, 4.69) is 15.0 Å². The van der Waals surface area contributed by atoms with Gasteiger partial charge in [-0.1, -0.05) is 0 Å². The monoisotopic (exact) mass is 276 g/mol. The number of halogens is 2. The third kappa shape index (κ3) is 2.84. The SMILES string of the molecule is Cc1csc(C(C)NCC2CC(F)(F)C(=O)O2)n1. The summed E-state index contributed by atoms with van der Waals surface area (Å²) in [6, 6.07) is -0.0448. The highest BCUT2D eigenvalue weighted by molar-refractivity contribution is 7.09. The minimum Gasteiger partial charge on any atom is -0.456 e. The molecule has 0 saturated carbocycles. The number of cyclic esters (lactones) is 1. The summed E-state index contributed by atoms with van der Waals surface area (Å²) < 4.78 is 30.5. The lowest BCUT2D eigenvalue weighted by Gasteiger charge is -2.14. The first-order chi connectivity index (χ1) is 8.38. The maximum Gasteiger partial charge on any atom is 0.377 e. The molecule has 4 nitrogen and oxygen atoms in total. The standard InChI is InChI=1S/C11H14F2N2O2S/c1-6-5-18-9(15-6)7(2)14-4-8-3-11(12,13)10(16)17-8/h5,7-8,14H,3-4H2,1-2H3. The number of thiazole rings is 1. The summed E-state index contributed by atoms with van der Waals surface area (Å²) in [6.07, 6.45) is -1.32. The number of rotatable bonds is 4. The van der Waals surface area contributed by atoms with E-state index < -0.39 is 24.4 Å². The molecule has 7 heteroatoms. The predicted molar refractivity (Wildman–Crippen MR) is 62.7 cm³/mol. The maximum atomic E-state index is 12.9. The second-order valence-electron chi connectivity index (χ2n) is 4.39. The third-order valence-electron chi connectivity index (χ3n) is 2.72. The summed E-state index contributed by atoms with van der Waals surface area (Å²) in [6.45, 7) is 4.00.